The summed E-state index contributed by atoms with van der Waals surface area (Å²) in [4.78, 5) is 11.8. The van der Waals surface area contributed by atoms with E-state index in [4.69, 9.17) is 15.2 Å². The van der Waals surface area contributed by atoms with Crippen LogP contribution in [0.5, 0.6) is 5.75 Å². The van der Waals surface area contributed by atoms with E-state index in [2.05, 4.69) is 0 Å². The smallest absolute Gasteiger partial charge is 0.328 e. The summed E-state index contributed by atoms with van der Waals surface area (Å²) in [5.74, 6) is 1.26. The van der Waals surface area contributed by atoms with Gasteiger partial charge in [0.15, 0.2) is 0 Å². The Labute approximate surface area is 137 Å². The van der Waals surface area contributed by atoms with Gasteiger partial charge in [-0.25, -0.2) is 4.79 Å². The number of para-hydroxylation sites is 1. The van der Waals surface area contributed by atoms with Gasteiger partial charge in [-0.15, -0.1) is 24.8 Å². The minimum absolute atomic E-state index is 0. The number of hydrogen-bond acceptors (Lipinski definition) is 4. The number of nitrogens with two attached hydrogens (primary N) is 1. The van der Waals surface area contributed by atoms with Crippen molar-refractivity contribution in [2.75, 3.05) is 6.61 Å². The average Bonchev–Trinajstić information content (AvgIpc) is 2.37. The van der Waals surface area contributed by atoms with E-state index in [1.54, 1.807) is 0 Å². The molecule has 0 saturated carbocycles. The number of esters is 1. The predicted octanol–water partition coefficient (Wildman–Crippen LogP) is 3.18. The maximum absolute atomic E-state index is 11.8. The van der Waals surface area contributed by atoms with Crippen molar-refractivity contribution < 1.29 is 14.3 Å². The largest absolute Gasteiger partial charge is 0.485 e. The average molecular weight is 334 g/mol. The number of halogens is 2. The lowest BCUT2D eigenvalue weighted by molar-refractivity contribution is -0.141. The molecule has 1 aliphatic heterocycles. The SMILES string of the molecule is CC(C)C[C@H](N)C(=O)OC1=Cc2ccccc2OC1.Cl.Cl. The van der Waals surface area contributed by atoms with E-state index in [1.807, 2.05) is 44.2 Å². The summed E-state index contributed by atoms with van der Waals surface area (Å²) >= 11 is 0. The van der Waals surface area contributed by atoms with E-state index < -0.39 is 12.0 Å². The normalized spacial score (nSPS) is 13.8. The second-order valence-corrected chi connectivity index (χ2v) is 5.09. The van der Waals surface area contributed by atoms with E-state index in [0.29, 0.717) is 18.1 Å². The van der Waals surface area contributed by atoms with Crippen LogP contribution in [0.1, 0.15) is 25.8 Å². The summed E-state index contributed by atoms with van der Waals surface area (Å²) in [6.45, 7) is 4.30. The van der Waals surface area contributed by atoms with Gasteiger partial charge in [-0.1, -0.05) is 32.0 Å². The van der Waals surface area contributed by atoms with E-state index in [1.165, 1.54) is 0 Å². The van der Waals surface area contributed by atoms with Gasteiger partial charge in [-0.05, 0) is 24.5 Å². The van der Waals surface area contributed by atoms with E-state index in [0.717, 1.165) is 11.3 Å². The van der Waals surface area contributed by atoms with Crippen molar-refractivity contribution >= 4 is 36.9 Å². The third-order valence-corrected chi connectivity index (χ3v) is 2.87. The molecule has 1 heterocycles. The van der Waals surface area contributed by atoms with Crippen molar-refractivity contribution in [3.05, 3.63) is 35.6 Å². The molecule has 1 atom stereocenters. The van der Waals surface area contributed by atoms with E-state index >= 15 is 0 Å². The zero-order valence-electron chi connectivity index (χ0n) is 12.1. The first-order chi connectivity index (χ1) is 9.06. The number of carbonyl (C=O) groups excluding carboxylic acids is 1. The van der Waals surface area contributed by atoms with Crippen LogP contribution in [0.2, 0.25) is 0 Å². The Morgan fingerprint density at radius 2 is 2.00 bits per heavy atom. The molecule has 4 nitrogen and oxygen atoms in total. The van der Waals surface area contributed by atoms with Crippen LogP contribution < -0.4 is 10.5 Å². The van der Waals surface area contributed by atoms with Crippen LogP contribution in [0, 0.1) is 5.92 Å². The molecule has 0 fully saturated rings. The Kier molecular flexibility index (Phi) is 8.40. The van der Waals surface area contributed by atoms with Gasteiger partial charge in [0.1, 0.15) is 24.2 Å². The van der Waals surface area contributed by atoms with Gasteiger partial charge in [0, 0.05) is 5.56 Å². The van der Waals surface area contributed by atoms with E-state index in [-0.39, 0.29) is 31.4 Å². The maximum atomic E-state index is 11.8. The molecule has 1 aliphatic rings. The number of ether oxygens (including phenoxy) is 2. The number of carbonyl (C=O) groups is 1. The highest BCUT2D eigenvalue weighted by Gasteiger charge is 2.20. The summed E-state index contributed by atoms with van der Waals surface area (Å²) in [6, 6.07) is 7.03. The van der Waals surface area contributed by atoms with Crippen LogP contribution in [0.25, 0.3) is 6.08 Å². The molecular weight excluding hydrogens is 313 g/mol. The summed E-state index contributed by atoms with van der Waals surface area (Å²) < 4.78 is 10.8. The molecule has 0 aromatic heterocycles. The van der Waals surface area contributed by atoms with Gasteiger partial charge in [0.25, 0.3) is 0 Å². The van der Waals surface area contributed by atoms with Crippen LogP contribution >= 0.6 is 24.8 Å². The highest BCUT2D eigenvalue weighted by Crippen LogP contribution is 2.26. The van der Waals surface area contributed by atoms with Gasteiger partial charge < -0.3 is 15.2 Å². The fourth-order valence-corrected chi connectivity index (χ4v) is 1.96. The fraction of sp³-hybridized carbons (Fsp3) is 0.400. The summed E-state index contributed by atoms with van der Waals surface area (Å²) in [5.41, 5.74) is 6.70. The first-order valence-electron chi connectivity index (χ1n) is 6.46. The molecule has 0 bridgehead atoms. The van der Waals surface area contributed by atoms with Crippen LogP contribution in [-0.2, 0) is 9.53 Å². The highest BCUT2D eigenvalue weighted by atomic mass is 35.5. The molecule has 6 heteroatoms. The van der Waals surface area contributed by atoms with Crippen molar-refractivity contribution in [3.63, 3.8) is 0 Å². The molecule has 0 radical (unpaired) electrons. The molecule has 0 saturated heterocycles. The van der Waals surface area contributed by atoms with Gasteiger partial charge in [0.2, 0.25) is 0 Å². The number of fused-ring (bicyclic) bond motifs is 1. The summed E-state index contributed by atoms with van der Waals surface area (Å²) in [6.07, 6.45) is 2.43. The molecule has 0 amide bonds. The van der Waals surface area contributed by atoms with E-state index in [9.17, 15) is 4.79 Å². The van der Waals surface area contributed by atoms with Crippen LogP contribution in [0.3, 0.4) is 0 Å². The Hall–Kier alpha value is -1.23. The third-order valence-electron chi connectivity index (χ3n) is 2.87. The fourth-order valence-electron chi connectivity index (χ4n) is 1.96. The number of hydrogen-bond donors (Lipinski definition) is 1. The molecule has 1 aromatic carbocycles. The molecule has 1 aromatic rings. The van der Waals surface area contributed by atoms with Gasteiger partial charge >= 0.3 is 5.97 Å². The number of benzene rings is 1. The molecule has 0 spiro atoms. The Bertz CT molecular complexity index is 503. The quantitative estimate of drug-likeness (QED) is 0.859. The minimum atomic E-state index is -0.585. The van der Waals surface area contributed by atoms with Gasteiger partial charge in [-0.2, -0.15) is 0 Å². The molecule has 21 heavy (non-hydrogen) atoms. The Morgan fingerprint density at radius 3 is 2.67 bits per heavy atom. The monoisotopic (exact) mass is 333 g/mol. The first-order valence-corrected chi connectivity index (χ1v) is 6.46. The third kappa shape index (κ3) is 5.58. The molecular formula is C15H21Cl2NO3. The summed E-state index contributed by atoms with van der Waals surface area (Å²) in [7, 11) is 0. The molecule has 118 valence electrons. The highest BCUT2D eigenvalue weighted by molar-refractivity contribution is 5.85. The zero-order valence-corrected chi connectivity index (χ0v) is 13.7. The van der Waals surface area contributed by atoms with Crippen molar-refractivity contribution in [2.24, 2.45) is 11.7 Å². The Balaban J connectivity index is 0.00000200. The molecule has 2 N–H and O–H groups in total. The predicted molar refractivity (Wildman–Crippen MR) is 87.9 cm³/mol. The van der Waals surface area contributed by atoms with Crippen LogP contribution in [-0.4, -0.2) is 18.6 Å². The van der Waals surface area contributed by atoms with Gasteiger partial charge in [0.05, 0.1) is 0 Å². The molecule has 2 rings (SSSR count). The first kappa shape index (κ1) is 19.8. The number of rotatable bonds is 4. The lowest BCUT2D eigenvalue weighted by Gasteiger charge is -2.19. The summed E-state index contributed by atoms with van der Waals surface area (Å²) in [5, 5.41) is 0. The second kappa shape index (κ2) is 8.93. The van der Waals surface area contributed by atoms with Crippen LogP contribution in [0.4, 0.5) is 0 Å². The van der Waals surface area contributed by atoms with Crippen molar-refractivity contribution in [2.45, 2.75) is 26.3 Å². The van der Waals surface area contributed by atoms with Crippen molar-refractivity contribution in [3.8, 4) is 5.75 Å². The minimum Gasteiger partial charge on any atom is -0.485 e. The standard InChI is InChI=1S/C15H19NO3.2ClH/c1-10(2)7-13(16)15(17)19-12-8-11-5-3-4-6-14(11)18-9-12;;/h3-6,8,10,13H,7,9,16H2,1-2H3;2*1H/t13-;;/m0../s1. The van der Waals surface area contributed by atoms with Crippen molar-refractivity contribution in [1.82, 2.24) is 0 Å². The molecule has 0 aliphatic carbocycles. The van der Waals surface area contributed by atoms with Crippen molar-refractivity contribution in [1.29, 1.82) is 0 Å². The maximum Gasteiger partial charge on any atom is 0.328 e. The Morgan fingerprint density at radius 1 is 1.33 bits per heavy atom. The second-order valence-electron chi connectivity index (χ2n) is 5.09. The lowest BCUT2D eigenvalue weighted by atomic mass is 10.0. The van der Waals surface area contributed by atoms with Gasteiger partial charge in [-0.3, -0.25) is 0 Å². The zero-order chi connectivity index (χ0) is 13.8. The molecule has 0 unspecified atom stereocenters. The lowest BCUT2D eigenvalue weighted by Crippen LogP contribution is -2.34. The topological polar surface area (TPSA) is 61.6 Å². The van der Waals surface area contributed by atoms with Crippen LogP contribution in [0.15, 0.2) is 30.0 Å².